The van der Waals surface area contributed by atoms with Gasteiger partial charge in [-0.05, 0) is 37.5 Å². The van der Waals surface area contributed by atoms with Crippen LogP contribution in [0.3, 0.4) is 0 Å². The Hall–Kier alpha value is -1.23. The maximum Gasteiger partial charge on any atom is 0.573 e. The van der Waals surface area contributed by atoms with Gasteiger partial charge in [-0.1, -0.05) is 12.1 Å². The third kappa shape index (κ3) is 5.02. The van der Waals surface area contributed by atoms with Crippen molar-refractivity contribution in [1.82, 2.24) is 0 Å². The second kappa shape index (κ2) is 5.21. The highest BCUT2D eigenvalue weighted by Crippen LogP contribution is 2.23. The average molecular weight is 233 g/mol. The van der Waals surface area contributed by atoms with E-state index in [1.807, 2.05) is 6.92 Å². The molecular weight excluding hydrogens is 219 g/mol. The number of nitrogens with two attached hydrogens (primary N) is 1. The van der Waals surface area contributed by atoms with E-state index >= 15 is 0 Å². The average Bonchev–Trinajstić information content (AvgIpc) is 2.12. The number of ether oxygens (including phenoxy) is 1. The molecule has 2 nitrogen and oxygen atoms in total. The van der Waals surface area contributed by atoms with Crippen molar-refractivity contribution in [2.24, 2.45) is 5.73 Å². The number of benzene rings is 1. The molecule has 1 unspecified atom stereocenters. The SMILES string of the molecule is CC(N)CCc1cccc(OC(F)(F)F)c1. The van der Waals surface area contributed by atoms with Crippen LogP contribution in [0.15, 0.2) is 24.3 Å². The van der Waals surface area contributed by atoms with E-state index in [1.54, 1.807) is 6.07 Å². The summed E-state index contributed by atoms with van der Waals surface area (Å²) in [4.78, 5) is 0. The molecule has 0 aromatic heterocycles. The summed E-state index contributed by atoms with van der Waals surface area (Å²) in [6, 6.07) is 5.99. The summed E-state index contributed by atoms with van der Waals surface area (Å²) in [7, 11) is 0. The highest BCUT2D eigenvalue weighted by Gasteiger charge is 2.31. The van der Waals surface area contributed by atoms with Crippen LogP contribution >= 0.6 is 0 Å². The van der Waals surface area contributed by atoms with Crippen LogP contribution in [0.1, 0.15) is 18.9 Å². The summed E-state index contributed by atoms with van der Waals surface area (Å²) in [6.07, 6.45) is -3.26. The zero-order valence-corrected chi connectivity index (χ0v) is 8.92. The van der Waals surface area contributed by atoms with Gasteiger partial charge in [0, 0.05) is 6.04 Å². The highest BCUT2D eigenvalue weighted by atomic mass is 19.4. The maximum atomic E-state index is 11.9. The van der Waals surface area contributed by atoms with Gasteiger partial charge in [-0.2, -0.15) is 0 Å². The van der Waals surface area contributed by atoms with Gasteiger partial charge < -0.3 is 10.5 Å². The van der Waals surface area contributed by atoms with Crippen LogP contribution < -0.4 is 10.5 Å². The lowest BCUT2D eigenvalue weighted by atomic mass is 10.1. The van der Waals surface area contributed by atoms with Crippen LogP contribution in [-0.4, -0.2) is 12.4 Å². The molecule has 0 fully saturated rings. The topological polar surface area (TPSA) is 35.2 Å². The summed E-state index contributed by atoms with van der Waals surface area (Å²) in [5, 5.41) is 0. The van der Waals surface area contributed by atoms with Crippen LogP contribution in [-0.2, 0) is 6.42 Å². The molecule has 0 spiro atoms. The first-order valence-corrected chi connectivity index (χ1v) is 4.97. The monoisotopic (exact) mass is 233 g/mol. The van der Waals surface area contributed by atoms with Crippen LogP contribution in [0.4, 0.5) is 13.2 Å². The molecule has 1 rings (SSSR count). The van der Waals surface area contributed by atoms with Crippen molar-refractivity contribution in [2.45, 2.75) is 32.2 Å². The second-order valence-electron chi connectivity index (χ2n) is 3.71. The molecule has 0 amide bonds. The third-order valence-corrected chi connectivity index (χ3v) is 2.02. The Labute approximate surface area is 92.2 Å². The minimum Gasteiger partial charge on any atom is -0.406 e. The first kappa shape index (κ1) is 12.8. The summed E-state index contributed by atoms with van der Waals surface area (Å²) in [6.45, 7) is 1.86. The molecule has 0 bridgehead atoms. The largest absolute Gasteiger partial charge is 0.573 e. The lowest BCUT2D eigenvalue weighted by molar-refractivity contribution is -0.274. The molecule has 1 atom stereocenters. The molecule has 0 saturated heterocycles. The van der Waals surface area contributed by atoms with E-state index in [0.717, 1.165) is 12.0 Å². The number of hydrogen-bond donors (Lipinski definition) is 1. The van der Waals surface area contributed by atoms with Gasteiger partial charge in [-0.25, -0.2) is 0 Å². The molecule has 0 radical (unpaired) electrons. The first-order valence-electron chi connectivity index (χ1n) is 4.97. The van der Waals surface area contributed by atoms with Crippen molar-refractivity contribution in [3.05, 3.63) is 29.8 Å². The molecule has 1 aromatic carbocycles. The standard InChI is InChI=1S/C11H14F3NO/c1-8(15)5-6-9-3-2-4-10(7-9)16-11(12,13)14/h2-4,7-8H,5-6,15H2,1H3. The first-order chi connectivity index (χ1) is 7.37. The van der Waals surface area contributed by atoms with Gasteiger partial charge in [-0.3, -0.25) is 0 Å². The molecule has 2 N–H and O–H groups in total. The molecule has 5 heteroatoms. The number of alkyl halides is 3. The number of halogens is 3. The molecular formula is C11H14F3NO. The van der Waals surface area contributed by atoms with E-state index in [1.165, 1.54) is 18.2 Å². The Morgan fingerprint density at radius 2 is 2.06 bits per heavy atom. The van der Waals surface area contributed by atoms with E-state index in [4.69, 9.17) is 5.73 Å². The van der Waals surface area contributed by atoms with Crippen LogP contribution in [0, 0.1) is 0 Å². The lowest BCUT2D eigenvalue weighted by Crippen LogP contribution is -2.17. The zero-order valence-electron chi connectivity index (χ0n) is 8.92. The molecule has 0 aliphatic rings. The number of hydrogen-bond acceptors (Lipinski definition) is 2. The Morgan fingerprint density at radius 1 is 1.38 bits per heavy atom. The van der Waals surface area contributed by atoms with E-state index in [2.05, 4.69) is 4.74 Å². The molecule has 16 heavy (non-hydrogen) atoms. The van der Waals surface area contributed by atoms with Crippen molar-refractivity contribution < 1.29 is 17.9 Å². The van der Waals surface area contributed by atoms with Crippen molar-refractivity contribution in [3.63, 3.8) is 0 Å². The van der Waals surface area contributed by atoms with E-state index in [9.17, 15) is 13.2 Å². The van der Waals surface area contributed by atoms with Crippen molar-refractivity contribution >= 4 is 0 Å². The molecule has 90 valence electrons. The quantitative estimate of drug-likeness (QED) is 0.867. The van der Waals surface area contributed by atoms with Crippen molar-refractivity contribution in [3.8, 4) is 5.75 Å². The lowest BCUT2D eigenvalue weighted by Gasteiger charge is -2.10. The van der Waals surface area contributed by atoms with Gasteiger partial charge in [0.15, 0.2) is 0 Å². The minimum absolute atomic E-state index is 0.0344. The Morgan fingerprint density at radius 3 is 2.62 bits per heavy atom. The Kier molecular flexibility index (Phi) is 4.18. The summed E-state index contributed by atoms with van der Waals surface area (Å²) >= 11 is 0. The fourth-order valence-corrected chi connectivity index (χ4v) is 1.29. The number of aryl methyl sites for hydroxylation is 1. The maximum absolute atomic E-state index is 11.9. The van der Waals surface area contributed by atoms with Crippen LogP contribution in [0.2, 0.25) is 0 Å². The molecule has 1 aromatic rings. The summed E-state index contributed by atoms with van der Waals surface area (Å²) in [5.74, 6) is -0.185. The van der Waals surface area contributed by atoms with E-state index in [-0.39, 0.29) is 11.8 Å². The normalized spacial score (nSPS) is 13.6. The van der Waals surface area contributed by atoms with Gasteiger partial charge in [0.1, 0.15) is 5.75 Å². The summed E-state index contributed by atoms with van der Waals surface area (Å²) < 4.78 is 39.7. The second-order valence-corrected chi connectivity index (χ2v) is 3.71. The smallest absolute Gasteiger partial charge is 0.406 e. The van der Waals surface area contributed by atoms with E-state index < -0.39 is 6.36 Å². The van der Waals surface area contributed by atoms with Gasteiger partial charge in [-0.15, -0.1) is 13.2 Å². The highest BCUT2D eigenvalue weighted by molar-refractivity contribution is 5.28. The Balaban J connectivity index is 2.64. The molecule has 0 saturated carbocycles. The van der Waals surface area contributed by atoms with Gasteiger partial charge in [0.05, 0.1) is 0 Å². The predicted octanol–water partition coefficient (Wildman–Crippen LogP) is 2.87. The van der Waals surface area contributed by atoms with Gasteiger partial charge in [0.2, 0.25) is 0 Å². The van der Waals surface area contributed by atoms with Crippen LogP contribution in [0.25, 0.3) is 0 Å². The van der Waals surface area contributed by atoms with Gasteiger partial charge in [0.25, 0.3) is 0 Å². The van der Waals surface area contributed by atoms with Crippen LogP contribution in [0.5, 0.6) is 5.75 Å². The fourth-order valence-electron chi connectivity index (χ4n) is 1.29. The predicted molar refractivity (Wildman–Crippen MR) is 55.1 cm³/mol. The Bertz CT molecular complexity index is 336. The van der Waals surface area contributed by atoms with Crippen molar-refractivity contribution in [1.29, 1.82) is 0 Å². The molecule has 0 heterocycles. The third-order valence-electron chi connectivity index (χ3n) is 2.02. The molecule has 0 aliphatic carbocycles. The number of rotatable bonds is 4. The minimum atomic E-state index is -4.64. The van der Waals surface area contributed by atoms with Gasteiger partial charge >= 0.3 is 6.36 Å². The van der Waals surface area contributed by atoms with E-state index in [0.29, 0.717) is 6.42 Å². The fraction of sp³-hybridized carbons (Fsp3) is 0.455. The van der Waals surface area contributed by atoms with Crippen molar-refractivity contribution in [2.75, 3.05) is 0 Å². The molecule has 0 aliphatic heterocycles. The summed E-state index contributed by atoms with van der Waals surface area (Å²) in [5.41, 5.74) is 6.36. The zero-order chi connectivity index (χ0) is 12.2.